The van der Waals surface area contributed by atoms with Crippen LogP contribution in [0.3, 0.4) is 0 Å². The van der Waals surface area contributed by atoms with Crippen molar-refractivity contribution in [1.82, 2.24) is 15.5 Å². The molecule has 0 heterocycles. The standard InChI is InChI=1S/C17H28N4/c1-5-12-19-17(18-4)20-13-15-10-8-9-11-16(15)14-21(6-2)7-3/h5,8-11H,1,6-7,12-14H2,2-4H3,(H2,18,19,20). The van der Waals surface area contributed by atoms with Gasteiger partial charge in [-0.3, -0.25) is 9.89 Å². The van der Waals surface area contributed by atoms with E-state index in [1.807, 2.05) is 6.08 Å². The SMILES string of the molecule is C=CCNC(=NC)NCc1ccccc1CN(CC)CC. The van der Waals surface area contributed by atoms with Gasteiger partial charge in [-0.1, -0.05) is 44.2 Å². The Balaban J connectivity index is 2.68. The summed E-state index contributed by atoms with van der Waals surface area (Å²) in [5.74, 6) is 0.799. The maximum atomic E-state index is 4.20. The van der Waals surface area contributed by atoms with E-state index < -0.39 is 0 Å². The van der Waals surface area contributed by atoms with E-state index in [0.29, 0.717) is 6.54 Å². The van der Waals surface area contributed by atoms with Crippen molar-refractivity contribution in [3.05, 3.63) is 48.0 Å². The summed E-state index contributed by atoms with van der Waals surface area (Å²) in [7, 11) is 1.78. The van der Waals surface area contributed by atoms with Crippen molar-refractivity contribution in [3.63, 3.8) is 0 Å². The molecule has 1 aromatic carbocycles. The molecule has 0 aliphatic carbocycles. The van der Waals surface area contributed by atoms with E-state index in [1.165, 1.54) is 11.1 Å². The van der Waals surface area contributed by atoms with Gasteiger partial charge in [-0.15, -0.1) is 6.58 Å². The van der Waals surface area contributed by atoms with Crippen LogP contribution in [0.5, 0.6) is 0 Å². The highest BCUT2D eigenvalue weighted by Crippen LogP contribution is 2.11. The number of benzene rings is 1. The van der Waals surface area contributed by atoms with Gasteiger partial charge in [-0.05, 0) is 24.2 Å². The molecule has 0 atom stereocenters. The molecule has 0 fully saturated rings. The first-order valence-corrected chi connectivity index (χ1v) is 7.59. The van der Waals surface area contributed by atoms with Crippen LogP contribution in [0.2, 0.25) is 0 Å². The summed E-state index contributed by atoms with van der Waals surface area (Å²) >= 11 is 0. The zero-order chi connectivity index (χ0) is 15.5. The highest BCUT2D eigenvalue weighted by atomic mass is 15.2. The van der Waals surface area contributed by atoms with E-state index in [9.17, 15) is 0 Å². The van der Waals surface area contributed by atoms with Crippen molar-refractivity contribution in [3.8, 4) is 0 Å². The molecule has 0 unspecified atom stereocenters. The number of aliphatic imine (C=N–C) groups is 1. The summed E-state index contributed by atoms with van der Waals surface area (Å²) in [6.07, 6.45) is 1.82. The fourth-order valence-electron chi connectivity index (χ4n) is 2.14. The number of rotatable bonds is 8. The number of hydrogen-bond donors (Lipinski definition) is 2. The Bertz CT molecular complexity index is 450. The normalized spacial score (nSPS) is 11.5. The lowest BCUT2D eigenvalue weighted by atomic mass is 10.1. The summed E-state index contributed by atoms with van der Waals surface area (Å²) in [5.41, 5.74) is 2.68. The highest BCUT2D eigenvalue weighted by Gasteiger charge is 2.06. The molecule has 0 aliphatic heterocycles. The average molecular weight is 288 g/mol. The summed E-state index contributed by atoms with van der Waals surface area (Å²) in [6.45, 7) is 12.7. The van der Waals surface area contributed by atoms with E-state index in [-0.39, 0.29) is 0 Å². The van der Waals surface area contributed by atoms with Crippen molar-refractivity contribution in [1.29, 1.82) is 0 Å². The van der Waals surface area contributed by atoms with E-state index in [2.05, 4.69) is 65.2 Å². The Kier molecular flexibility index (Phi) is 8.21. The van der Waals surface area contributed by atoms with Crippen LogP contribution in [0, 0.1) is 0 Å². The molecular weight excluding hydrogens is 260 g/mol. The molecule has 2 N–H and O–H groups in total. The topological polar surface area (TPSA) is 39.7 Å². The minimum Gasteiger partial charge on any atom is -0.353 e. The van der Waals surface area contributed by atoms with Gasteiger partial charge in [0, 0.05) is 26.7 Å². The van der Waals surface area contributed by atoms with Crippen LogP contribution in [0.25, 0.3) is 0 Å². The second kappa shape index (κ2) is 10.00. The van der Waals surface area contributed by atoms with Gasteiger partial charge in [-0.25, -0.2) is 0 Å². The van der Waals surface area contributed by atoms with Crippen LogP contribution in [0.15, 0.2) is 41.9 Å². The smallest absolute Gasteiger partial charge is 0.191 e. The first kappa shape index (κ1) is 17.2. The third-order valence-corrected chi connectivity index (χ3v) is 3.49. The molecular formula is C17H28N4. The van der Waals surface area contributed by atoms with E-state index in [1.54, 1.807) is 7.05 Å². The lowest BCUT2D eigenvalue weighted by Gasteiger charge is -2.20. The number of nitrogens with one attached hydrogen (secondary N) is 2. The molecule has 0 saturated heterocycles. The molecule has 1 aromatic rings. The monoisotopic (exact) mass is 288 g/mol. The first-order valence-electron chi connectivity index (χ1n) is 7.59. The van der Waals surface area contributed by atoms with E-state index >= 15 is 0 Å². The summed E-state index contributed by atoms with van der Waals surface area (Å²) in [5, 5.41) is 6.53. The van der Waals surface area contributed by atoms with Crippen LogP contribution < -0.4 is 10.6 Å². The van der Waals surface area contributed by atoms with Crippen LogP contribution in [-0.2, 0) is 13.1 Å². The Morgan fingerprint density at radius 2 is 1.86 bits per heavy atom. The molecule has 0 spiro atoms. The Morgan fingerprint density at radius 3 is 2.43 bits per heavy atom. The molecule has 1 rings (SSSR count). The lowest BCUT2D eigenvalue weighted by molar-refractivity contribution is 0.295. The minimum absolute atomic E-state index is 0.709. The summed E-state index contributed by atoms with van der Waals surface area (Å²) < 4.78 is 0. The predicted octanol–water partition coefficient (Wildman–Crippen LogP) is 2.38. The second-order valence-corrected chi connectivity index (χ2v) is 4.83. The van der Waals surface area contributed by atoms with Crippen molar-refractivity contribution in [2.45, 2.75) is 26.9 Å². The minimum atomic E-state index is 0.709. The Hall–Kier alpha value is -1.81. The fourth-order valence-corrected chi connectivity index (χ4v) is 2.14. The number of nitrogens with zero attached hydrogens (tertiary/aromatic N) is 2. The van der Waals surface area contributed by atoms with Crippen LogP contribution in [0.1, 0.15) is 25.0 Å². The Labute approximate surface area is 129 Å². The molecule has 0 amide bonds. The zero-order valence-corrected chi connectivity index (χ0v) is 13.5. The molecule has 0 radical (unpaired) electrons. The Morgan fingerprint density at radius 1 is 1.19 bits per heavy atom. The predicted molar refractivity (Wildman–Crippen MR) is 91.5 cm³/mol. The van der Waals surface area contributed by atoms with Crippen molar-refractivity contribution in [2.75, 3.05) is 26.7 Å². The molecule has 0 bridgehead atoms. The number of guanidine groups is 1. The molecule has 0 aromatic heterocycles. The average Bonchev–Trinajstić information content (AvgIpc) is 2.53. The molecule has 0 saturated carbocycles. The zero-order valence-electron chi connectivity index (χ0n) is 13.5. The third kappa shape index (κ3) is 6.00. The quantitative estimate of drug-likeness (QED) is 0.438. The van der Waals surface area contributed by atoms with Crippen LogP contribution in [0.4, 0.5) is 0 Å². The van der Waals surface area contributed by atoms with Gasteiger partial charge in [0.05, 0.1) is 0 Å². The molecule has 21 heavy (non-hydrogen) atoms. The fraction of sp³-hybridized carbons (Fsp3) is 0.471. The highest BCUT2D eigenvalue weighted by molar-refractivity contribution is 5.79. The maximum Gasteiger partial charge on any atom is 0.191 e. The van der Waals surface area contributed by atoms with Gasteiger partial charge < -0.3 is 10.6 Å². The molecule has 0 aliphatic rings. The number of hydrogen-bond acceptors (Lipinski definition) is 2. The summed E-state index contributed by atoms with van der Waals surface area (Å²) in [6, 6.07) is 8.57. The third-order valence-electron chi connectivity index (χ3n) is 3.49. The van der Waals surface area contributed by atoms with Gasteiger partial charge in [0.25, 0.3) is 0 Å². The first-order chi connectivity index (χ1) is 10.2. The van der Waals surface area contributed by atoms with Crippen molar-refractivity contribution >= 4 is 5.96 Å². The van der Waals surface area contributed by atoms with Gasteiger partial charge in [-0.2, -0.15) is 0 Å². The van der Waals surface area contributed by atoms with Crippen LogP contribution in [-0.4, -0.2) is 37.5 Å². The van der Waals surface area contributed by atoms with Crippen molar-refractivity contribution in [2.24, 2.45) is 4.99 Å². The molecule has 4 heteroatoms. The van der Waals surface area contributed by atoms with Crippen LogP contribution >= 0.6 is 0 Å². The lowest BCUT2D eigenvalue weighted by Crippen LogP contribution is -2.37. The van der Waals surface area contributed by atoms with Gasteiger partial charge in [0.2, 0.25) is 0 Å². The molecule has 116 valence electrons. The summed E-state index contributed by atoms with van der Waals surface area (Å²) in [4.78, 5) is 6.62. The van der Waals surface area contributed by atoms with Gasteiger partial charge in [0.15, 0.2) is 5.96 Å². The van der Waals surface area contributed by atoms with E-state index in [0.717, 1.165) is 32.1 Å². The second-order valence-electron chi connectivity index (χ2n) is 4.83. The molecule has 4 nitrogen and oxygen atoms in total. The largest absolute Gasteiger partial charge is 0.353 e. The van der Waals surface area contributed by atoms with Crippen molar-refractivity contribution < 1.29 is 0 Å². The van der Waals surface area contributed by atoms with Gasteiger partial charge >= 0.3 is 0 Å². The van der Waals surface area contributed by atoms with E-state index in [4.69, 9.17) is 0 Å². The van der Waals surface area contributed by atoms with Gasteiger partial charge in [0.1, 0.15) is 0 Å². The maximum absolute atomic E-state index is 4.20.